The Morgan fingerprint density at radius 3 is 2.25 bits per heavy atom. The molecule has 0 saturated carbocycles. The van der Waals surface area contributed by atoms with Crippen LogP contribution in [0.4, 0.5) is 11.4 Å². The standard InChI is InChI=1S/C26H28ClN3O2/c1-4-25(31)28-21-14-15-24(29(2)3)20(16-21)18-30(17-19-10-6-5-7-11-19)26(32)22-12-8-9-13-23(22)27/h5-16H,4,17-18H2,1-3H3,(H,28,31). The van der Waals surface area contributed by atoms with Crippen molar-refractivity contribution in [1.29, 1.82) is 0 Å². The number of carbonyl (C=O) groups is 2. The maximum atomic E-state index is 13.5. The quantitative estimate of drug-likeness (QED) is 0.487. The molecule has 3 aromatic carbocycles. The first-order valence-electron chi connectivity index (χ1n) is 10.6. The van der Waals surface area contributed by atoms with E-state index in [0.717, 1.165) is 16.8 Å². The molecule has 0 aromatic heterocycles. The summed E-state index contributed by atoms with van der Waals surface area (Å²) in [4.78, 5) is 29.2. The minimum atomic E-state index is -0.146. The zero-order valence-corrected chi connectivity index (χ0v) is 19.4. The zero-order valence-electron chi connectivity index (χ0n) is 18.6. The number of hydrogen-bond donors (Lipinski definition) is 1. The summed E-state index contributed by atoms with van der Waals surface area (Å²) in [6.45, 7) is 2.61. The Morgan fingerprint density at radius 2 is 1.59 bits per heavy atom. The molecule has 0 bridgehead atoms. The van der Waals surface area contributed by atoms with Gasteiger partial charge in [0, 0.05) is 45.0 Å². The molecule has 166 valence electrons. The van der Waals surface area contributed by atoms with E-state index in [1.54, 1.807) is 17.0 Å². The number of amides is 2. The third-order valence-corrected chi connectivity index (χ3v) is 5.46. The van der Waals surface area contributed by atoms with E-state index in [1.165, 1.54) is 0 Å². The van der Waals surface area contributed by atoms with Crippen molar-refractivity contribution in [3.8, 4) is 0 Å². The maximum absolute atomic E-state index is 13.5. The van der Waals surface area contributed by atoms with Crippen LogP contribution in [-0.4, -0.2) is 30.8 Å². The average molecular weight is 450 g/mol. The summed E-state index contributed by atoms with van der Waals surface area (Å²) < 4.78 is 0. The minimum absolute atomic E-state index is 0.0539. The van der Waals surface area contributed by atoms with Crippen molar-refractivity contribution in [2.45, 2.75) is 26.4 Å². The Bertz CT molecular complexity index is 1080. The smallest absolute Gasteiger partial charge is 0.255 e. The van der Waals surface area contributed by atoms with Gasteiger partial charge >= 0.3 is 0 Å². The maximum Gasteiger partial charge on any atom is 0.255 e. The lowest BCUT2D eigenvalue weighted by Gasteiger charge is -2.27. The van der Waals surface area contributed by atoms with Gasteiger partial charge in [-0.05, 0) is 41.5 Å². The van der Waals surface area contributed by atoms with Gasteiger partial charge in [-0.1, -0.05) is 61.0 Å². The largest absolute Gasteiger partial charge is 0.377 e. The van der Waals surface area contributed by atoms with Crippen LogP contribution < -0.4 is 10.2 Å². The van der Waals surface area contributed by atoms with Crippen LogP contribution in [0, 0.1) is 0 Å². The van der Waals surface area contributed by atoms with Crippen LogP contribution in [0.3, 0.4) is 0 Å². The molecule has 6 heteroatoms. The Balaban J connectivity index is 1.99. The van der Waals surface area contributed by atoms with E-state index in [9.17, 15) is 9.59 Å². The number of rotatable bonds is 8. The van der Waals surface area contributed by atoms with Crippen molar-refractivity contribution in [3.05, 3.63) is 94.5 Å². The molecule has 1 N–H and O–H groups in total. The number of anilines is 2. The molecule has 0 unspecified atom stereocenters. The van der Waals surface area contributed by atoms with Crippen LogP contribution in [-0.2, 0) is 17.9 Å². The molecule has 5 nitrogen and oxygen atoms in total. The number of hydrogen-bond acceptors (Lipinski definition) is 3. The monoisotopic (exact) mass is 449 g/mol. The van der Waals surface area contributed by atoms with Crippen LogP contribution in [0.25, 0.3) is 0 Å². The van der Waals surface area contributed by atoms with E-state index < -0.39 is 0 Å². The molecule has 3 aromatic rings. The van der Waals surface area contributed by atoms with Gasteiger partial charge in [0.2, 0.25) is 5.91 Å². The summed E-state index contributed by atoms with van der Waals surface area (Å²) >= 11 is 6.35. The highest BCUT2D eigenvalue weighted by molar-refractivity contribution is 6.33. The Kier molecular flexibility index (Phi) is 7.90. The van der Waals surface area contributed by atoms with Crippen LogP contribution in [0.15, 0.2) is 72.8 Å². The molecular weight excluding hydrogens is 422 g/mol. The molecule has 0 aliphatic rings. The van der Waals surface area contributed by atoms with E-state index in [0.29, 0.717) is 35.8 Å². The van der Waals surface area contributed by atoms with E-state index in [2.05, 4.69) is 5.32 Å². The number of nitrogens with zero attached hydrogens (tertiary/aromatic N) is 2. The fraction of sp³-hybridized carbons (Fsp3) is 0.231. The number of benzene rings is 3. The van der Waals surface area contributed by atoms with Gasteiger partial charge in [-0.2, -0.15) is 0 Å². The van der Waals surface area contributed by atoms with Gasteiger partial charge in [-0.15, -0.1) is 0 Å². The van der Waals surface area contributed by atoms with Gasteiger partial charge in [-0.3, -0.25) is 9.59 Å². The molecule has 0 saturated heterocycles. The van der Waals surface area contributed by atoms with Crippen molar-refractivity contribution >= 4 is 34.8 Å². The second kappa shape index (κ2) is 10.8. The fourth-order valence-corrected chi connectivity index (χ4v) is 3.71. The lowest BCUT2D eigenvalue weighted by molar-refractivity contribution is -0.115. The van der Waals surface area contributed by atoms with Gasteiger partial charge in [0.25, 0.3) is 5.91 Å². The lowest BCUT2D eigenvalue weighted by Crippen LogP contribution is -2.31. The SMILES string of the molecule is CCC(=O)Nc1ccc(N(C)C)c(CN(Cc2ccccc2)C(=O)c2ccccc2Cl)c1. The third kappa shape index (κ3) is 5.89. The summed E-state index contributed by atoms with van der Waals surface area (Å²) in [6.07, 6.45) is 0.399. The molecule has 0 radical (unpaired) electrons. The first-order chi connectivity index (χ1) is 15.4. The predicted octanol–water partition coefficient (Wildman–Crippen LogP) is 5.60. The summed E-state index contributed by atoms with van der Waals surface area (Å²) in [6, 6.07) is 22.7. The fourth-order valence-electron chi connectivity index (χ4n) is 3.49. The number of nitrogens with one attached hydrogen (secondary N) is 1. The summed E-state index contributed by atoms with van der Waals surface area (Å²) in [5.74, 6) is -0.200. The van der Waals surface area contributed by atoms with Gasteiger partial charge in [0.15, 0.2) is 0 Å². The van der Waals surface area contributed by atoms with E-state index in [-0.39, 0.29) is 11.8 Å². The van der Waals surface area contributed by atoms with Crippen LogP contribution in [0.2, 0.25) is 5.02 Å². The number of carbonyl (C=O) groups excluding carboxylic acids is 2. The van der Waals surface area contributed by atoms with Crippen molar-refractivity contribution in [1.82, 2.24) is 4.90 Å². The molecule has 0 aliphatic carbocycles. The van der Waals surface area contributed by atoms with Gasteiger partial charge in [-0.25, -0.2) is 0 Å². The van der Waals surface area contributed by atoms with Gasteiger partial charge < -0.3 is 15.1 Å². The summed E-state index contributed by atoms with van der Waals surface area (Å²) in [7, 11) is 3.92. The average Bonchev–Trinajstić information content (AvgIpc) is 2.79. The van der Waals surface area contributed by atoms with Crippen molar-refractivity contribution in [2.75, 3.05) is 24.3 Å². The Hall–Kier alpha value is -3.31. The molecule has 0 aliphatic heterocycles. The highest BCUT2D eigenvalue weighted by atomic mass is 35.5. The van der Waals surface area contributed by atoms with Crippen LogP contribution in [0.1, 0.15) is 34.8 Å². The first-order valence-corrected chi connectivity index (χ1v) is 10.9. The number of halogens is 1. The van der Waals surface area contributed by atoms with Crippen molar-refractivity contribution < 1.29 is 9.59 Å². The molecule has 0 fully saturated rings. The van der Waals surface area contributed by atoms with Gasteiger partial charge in [0.05, 0.1) is 10.6 Å². The molecule has 0 heterocycles. The molecule has 0 spiro atoms. The first kappa shape index (κ1) is 23.4. The van der Waals surface area contributed by atoms with E-state index in [4.69, 9.17) is 11.6 Å². The highest BCUT2D eigenvalue weighted by Crippen LogP contribution is 2.27. The van der Waals surface area contributed by atoms with Crippen molar-refractivity contribution in [2.24, 2.45) is 0 Å². The summed E-state index contributed by atoms with van der Waals surface area (Å²) in [5, 5.41) is 3.33. The molecule has 3 rings (SSSR count). The normalized spacial score (nSPS) is 10.5. The predicted molar refractivity (Wildman–Crippen MR) is 131 cm³/mol. The van der Waals surface area contributed by atoms with Crippen LogP contribution in [0.5, 0.6) is 0 Å². The molecule has 32 heavy (non-hydrogen) atoms. The van der Waals surface area contributed by atoms with Crippen LogP contribution >= 0.6 is 11.6 Å². The van der Waals surface area contributed by atoms with Crippen molar-refractivity contribution in [3.63, 3.8) is 0 Å². The molecular formula is C26H28ClN3O2. The Morgan fingerprint density at radius 1 is 0.906 bits per heavy atom. The Labute approximate surface area is 194 Å². The van der Waals surface area contributed by atoms with Gasteiger partial charge in [0.1, 0.15) is 0 Å². The summed E-state index contributed by atoms with van der Waals surface area (Å²) in [5.41, 5.74) is 4.11. The van der Waals surface area contributed by atoms with E-state index >= 15 is 0 Å². The topological polar surface area (TPSA) is 52.7 Å². The molecule has 2 amide bonds. The molecule has 0 atom stereocenters. The minimum Gasteiger partial charge on any atom is -0.377 e. The lowest BCUT2D eigenvalue weighted by atomic mass is 10.1. The second-order valence-electron chi connectivity index (χ2n) is 7.77. The zero-order chi connectivity index (χ0) is 23.1. The van der Waals surface area contributed by atoms with E-state index in [1.807, 2.05) is 86.6 Å². The highest BCUT2D eigenvalue weighted by Gasteiger charge is 2.21. The third-order valence-electron chi connectivity index (χ3n) is 5.14. The second-order valence-corrected chi connectivity index (χ2v) is 8.17.